The molecule has 0 saturated carbocycles. The molecule has 2 aromatic carbocycles. The van der Waals surface area contributed by atoms with Crippen molar-refractivity contribution in [2.45, 2.75) is 26.3 Å². The molecule has 0 radical (unpaired) electrons. The second-order valence-electron chi connectivity index (χ2n) is 5.65. The Hall–Kier alpha value is -2.53. The first-order valence-corrected chi connectivity index (χ1v) is 8.57. The van der Waals surface area contributed by atoms with Crippen LogP contribution < -0.4 is 10.1 Å². The van der Waals surface area contributed by atoms with Gasteiger partial charge >= 0.3 is 5.97 Å². The highest BCUT2D eigenvalue weighted by molar-refractivity contribution is 6.32. The van der Waals surface area contributed by atoms with Crippen molar-refractivity contribution in [1.82, 2.24) is 5.32 Å². The van der Waals surface area contributed by atoms with Gasteiger partial charge in [0, 0.05) is 17.3 Å². The number of ether oxygens (including phenoxy) is 2. The lowest BCUT2D eigenvalue weighted by Crippen LogP contribution is -2.21. The number of esters is 1. The lowest BCUT2D eigenvalue weighted by Gasteiger charge is -2.21. The smallest absolute Gasteiger partial charge is 0.332 e. The first kappa shape index (κ1) is 19.8. The average molecular weight is 378 g/mol. The molecule has 0 fully saturated rings. The van der Waals surface area contributed by atoms with Crippen molar-refractivity contribution in [1.29, 1.82) is 0 Å². The molecule has 0 heterocycles. The van der Waals surface area contributed by atoms with E-state index in [9.17, 15) is 4.79 Å². The zero-order chi connectivity index (χ0) is 19.1. The molecule has 0 saturated heterocycles. The first-order valence-electron chi connectivity index (χ1n) is 8.19. The number of hydrogen-bond donors (Lipinski definition) is 1. The quantitative estimate of drug-likeness (QED) is 0.519. The van der Waals surface area contributed by atoms with Crippen LogP contribution in [-0.2, 0) is 9.53 Å². The predicted octanol–water partition coefficient (Wildman–Crippen LogP) is 5.39. The number of carbonyl (C=O) groups is 1. The molecule has 4 nitrogen and oxygen atoms in total. The van der Waals surface area contributed by atoms with Crippen LogP contribution >= 0.6 is 11.6 Å². The summed E-state index contributed by atoms with van der Waals surface area (Å²) in [6.45, 7) is 3.63. The molecule has 0 bridgehead atoms. The van der Waals surface area contributed by atoms with E-state index in [0.717, 1.165) is 0 Å². The van der Waals surface area contributed by atoms with Gasteiger partial charge in [0.25, 0.3) is 0 Å². The van der Waals surface area contributed by atoms with Gasteiger partial charge in [-0.1, -0.05) is 42.8 Å². The van der Waals surface area contributed by atoms with Crippen LogP contribution in [0, 0.1) is 5.82 Å². The van der Waals surface area contributed by atoms with Gasteiger partial charge in [-0.15, -0.1) is 0 Å². The SMILES string of the molecule is CCC(N/C(C)=C/C(=O)OC)c1ccc(Cl)c(Oc2ccccc2)c1F. The molecule has 138 valence electrons. The van der Waals surface area contributed by atoms with E-state index < -0.39 is 11.8 Å². The number of benzene rings is 2. The Balaban J connectivity index is 2.31. The monoisotopic (exact) mass is 377 g/mol. The van der Waals surface area contributed by atoms with Crippen LogP contribution in [0.15, 0.2) is 54.2 Å². The minimum atomic E-state index is -0.536. The van der Waals surface area contributed by atoms with E-state index >= 15 is 4.39 Å². The lowest BCUT2D eigenvalue weighted by molar-refractivity contribution is -0.134. The van der Waals surface area contributed by atoms with E-state index in [4.69, 9.17) is 16.3 Å². The van der Waals surface area contributed by atoms with Gasteiger partial charge < -0.3 is 14.8 Å². The van der Waals surface area contributed by atoms with Crippen LogP contribution in [0.5, 0.6) is 11.5 Å². The van der Waals surface area contributed by atoms with Gasteiger partial charge in [0.15, 0.2) is 11.6 Å². The van der Waals surface area contributed by atoms with E-state index in [1.807, 2.05) is 13.0 Å². The third-order valence-corrected chi connectivity index (χ3v) is 4.06. The second-order valence-corrected chi connectivity index (χ2v) is 6.06. The highest BCUT2D eigenvalue weighted by atomic mass is 35.5. The molecule has 0 aliphatic rings. The maximum Gasteiger partial charge on any atom is 0.332 e. The lowest BCUT2D eigenvalue weighted by atomic mass is 10.0. The average Bonchev–Trinajstić information content (AvgIpc) is 2.64. The fourth-order valence-corrected chi connectivity index (χ4v) is 2.65. The molecule has 1 unspecified atom stereocenters. The van der Waals surface area contributed by atoms with Gasteiger partial charge in [0.1, 0.15) is 5.75 Å². The van der Waals surface area contributed by atoms with Crippen LogP contribution in [0.25, 0.3) is 0 Å². The standard InChI is InChI=1S/C20H21ClFNO3/c1-4-17(23-13(2)12-18(24)25-3)15-10-11-16(21)20(19(15)22)26-14-8-6-5-7-9-14/h5-12,17,23H,4H2,1-3H3/b13-12+. The molecule has 0 aromatic heterocycles. The van der Waals surface area contributed by atoms with Gasteiger partial charge in [0.2, 0.25) is 0 Å². The molecule has 1 atom stereocenters. The maximum atomic E-state index is 15.1. The summed E-state index contributed by atoms with van der Waals surface area (Å²) in [4.78, 5) is 11.3. The number of nitrogens with one attached hydrogen (secondary N) is 1. The van der Waals surface area contributed by atoms with Crippen molar-refractivity contribution in [2.75, 3.05) is 7.11 Å². The molecular weight excluding hydrogens is 357 g/mol. The summed E-state index contributed by atoms with van der Waals surface area (Å²) in [5.41, 5.74) is 0.976. The summed E-state index contributed by atoms with van der Waals surface area (Å²) in [5.74, 6) is -0.542. The van der Waals surface area contributed by atoms with Crippen LogP contribution in [-0.4, -0.2) is 13.1 Å². The minimum Gasteiger partial charge on any atom is -0.466 e. The van der Waals surface area contributed by atoms with Gasteiger partial charge in [-0.05, 0) is 31.5 Å². The Labute approximate surface area is 157 Å². The highest BCUT2D eigenvalue weighted by Gasteiger charge is 2.20. The van der Waals surface area contributed by atoms with Crippen molar-refractivity contribution in [3.05, 3.63) is 70.6 Å². The molecule has 0 aliphatic heterocycles. The van der Waals surface area contributed by atoms with Gasteiger partial charge in [-0.25, -0.2) is 9.18 Å². The Morgan fingerprint density at radius 3 is 2.58 bits per heavy atom. The van der Waals surface area contributed by atoms with Crippen molar-refractivity contribution >= 4 is 17.6 Å². The maximum absolute atomic E-state index is 15.1. The zero-order valence-electron chi connectivity index (χ0n) is 14.9. The molecule has 1 N–H and O–H groups in total. The summed E-state index contributed by atoms with van der Waals surface area (Å²) < 4.78 is 25.3. The number of carbonyl (C=O) groups excluding carboxylic acids is 1. The number of methoxy groups -OCH3 is 1. The van der Waals surface area contributed by atoms with Gasteiger partial charge in [0.05, 0.1) is 18.2 Å². The van der Waals surface area contributed by atoms with Crippen molar-refractivity contribution in [3.8, 4) is 11.5 Å². The van der Waals surface area contributed by atoms with Crippen LogP contribution in [0.3, 0.4) is 0 Å². The van der Waals surface area contributed by atoms with E-state index in [-0.39, 0.29) is 16.8 Å². The second kappa shape index (κ2) is 9.25. The molecule has 0 amide bonds. The number of allylic oxidation sites excluding steroid dienone is 1. The minimum absolute atomic E-state index is 0.0229. The van der Waals surface area contributed by atoms with Crippen LogP contribution in [0.1, 0.15) is 31.9 Å². The van der Waals surface area contributed by atoms with Crippen molar-refractivity contribution in [2.24, 2.45) is 0 Å². The van der Waals surface area contributed by atoms with Crippen LogP contribution in [0.4, 0.5) is 4.39 Å². The molecule has 2 aromatic rings. The van der Waals surface area contributed by atoms with Crippen molar-refractivity contribution in [3.63, 3.8) is 0 Å². The Morgan fingerprint density at radius 1 is 1.27 bits per heavy atom. The van der Waals surface area contributed by atoms with E-state index in [1.165, 1.54) is 13.2 Å². The molecule has 26 heavy (non-hydrogen) atoms. The molecule has 6 heteroatoms. The van der Waals surface area contributed by atoms with E-state index in [2.05, 4.69) is 10.1 Å². The summed E-state index contributed by atoms with van der Waals surface area (Å²) in [5, 5.41) is 3.31. The topological polar surface area (TPSA) is 47.6 Å². The fourth-order valence-electron chi connectivity index (χ4n) is 2.47. The van der Waals surface area contributed by atoms with E-state index in [1.54, 1.807) is 43.3 Å². The van der Waals surface area contributed by atoms with E-state index in [0.29, 0.717) is 23.4 Å². The summed E-state index contributed by atoms with van der Waals surface area (Å²) in [7, 11) is 1.30. The molecule has 2 rings (SSSR count). The number of rotatable bonds is 7. The molecule has 0 aliphatic carbocycles. The Kier molecular flexibility index (Phi) is 7.04. The number of para-hydroxylation sites is 1. The normalized spacial score (nSPS) is 12.4. The van der Waals surface area contributed by atoms with Gasteiger partial charge in [-0.3, -0.25) is 0 Å². The fraction of sp³-hybridized carbons (Fsp3) is 0.250. The Bertz CT molecular complexity index is 793. The largest absolute Gasteiger partial charge is 0.466 e. The number of hydrogen-bond acceptors (Lipinski definition) is 4. The summed E-state index contributed by atoms with van der Waals surface area (Å²) in [6.07, 6.45) is 1.91. The summed E-state index contributed by atoms with van der Waals surface area (Å²) in [6, 6.07) is 11.7. The predicted molar refractivity (Wildman–Crippen MR) is 99.9 cm³/mol. The molecular formula is C20H21ClFNO3. The van der Waals surface area contributed by atoms with Gasteiger partial charge in [-0.2, -0.15) is 0 Å². The number of halogens is 2. The molecule has 0 spiro atoms. The zero-order valence-corrected chi connectivity index (χ0v) is 15.6. The first-order chi connectivity index (χ1) is 12.5. The van der Waals surface area contributed by atoms with Crippen LogP contribution in [0.2, 0.25) is 5.02 Å². The third kappa shape index (κ3) is 4.99. The van der Waals surface area contributed by atoms with Crippen molar-refractivity contribution < 1.29 is 18.7 Å². The Morgan fingerprint density at radius 2 is 1.96 bits per heavy atom. The third-order valence-electron chi connectivity index (χ3n) is 3.76. The summed E-state index contributed by atoms with van der Waals surface area (Å²) >= 11 is 6.13. The highest BCUT2D eigenvalue weighted by Crippen LogP contribution is 2.36.